The van der Waals surface area contributed by atoms with Crippen LogP contribution in [0.1, 0.15) is 27.7 Å². The minimum Gasteiger partial charge on any atom is -0.464 e. The van der Waals surface area contributed by atoms with E-state index < -0.39 is 12.1 Å². The van der Waals surface area contributed by atoms with Crippen LogP contribution in [-0.2, 0) is 9.53 Å². The van der Waals surface area contributed by atoms with Crippen molar-refractivity contribution in [3.63, 3.8) is 0 Å². The second-order valence-corrected chi connectivity index (χ2v) is 4.15. The Bertz CT molecular complexity index is 236. The molecule has 0 aromatic rings. The van der Waals surface area contributed by atoms with Crippen LogP contribution in [0.25, 0.3) is 0 Å². The molecule has 0 aliphatic carbocycles. The van der Waals surface area contributed by atoms with Gasteiger partial charge in [0.05, 0.1) is 6.61 Å². The Morgan fingerprint density at radius 3 is 2.36 bits per heavy atom. The molecule has 0 amide bonds. The normalized spacial score (nSPS) is 15.1. The summed E-state index contributed by atoms with van der Waals surface area (Å²) in [6.45, 7) is 7.29. The summed E-state index contributed by atoms with van der Waals surface area (Å²) < 4.78 is 18.7. The van der Waals surface area contributed by atoms with Crippen LogP contribution in [0.5, 0.6) is 0 Å². The maximum atomic E-state index is 13.4. The predicted molar refractivity (Wildman–Crippen MR) is 58.0 cm³/mol. The largest absolute Gasteiger partial charge is 0.464 e. The summed E-state index contributed by atoms with van der Waals surface area (Å²) in [4.78, 5) is 11.1. The Hall–Kier alpha value is -0.380. The number of alkyl halides is 1. The van der Waals surface area contributed by atoms with Crippen LogP contribution in [0, 0.1) is 5.92 Å². The van der Waals surface area contributed by atoms with Crippen molar-refractivity contribution in [2.24, 2.45) is 5.92 Å². The van der Waals surface area contributed by atoms with Crippen LogP contribution in [0.15, 0.2) is 10.1 Å². The van der Waals surface area contributed by atoms with Crippen molar-refractivity contribution >= 4 is 21.9 Å². The minimum atomic E-state index is -1.66. The Morgan fingerprint density at radius 2 is 2.00 bits per heavy atom. The minimum absolute atomic E-state index is 0.169. The van der Waals surface area contributed by atoms with Crippen molar-refractivity contribution in [3.05, 3.63) is 10.1 Å². The van der Waals surface area contributed by atoms with E-state index in [0.717, 1.165) is 4.48 Å². The van der Waals surface area contributed by atoms with Gasteiger partial charge in [0.25, 0.3) is 0 Å². The summed E-state index contributed by atoms with van der Waals surface area (Å²) in [5.41, 5.74) is 0.387. The number of rotatable bonds is 4. The highest BCUT2D eigenvalue weighted by Gasteiger charge is 2.23. The van der Waals surface area contributed by atoms with Gasteiger partial charge in [-0.25, -0.2) is 9.18 Å². The molecule has 1 atom stereocenters. The van der Waals surface area contributed by atoms with Gasteiger partial charge in [0.2, 0.25) is 6.17 Å². The molecule has 0 fully saturated rings. The topological polar surface area (TPSA) is 26.3 Å². The van der Waals surface area contributed by atoms with E-state index in [-0.39, 0.29) is 12.5 Å². The van der Waals surface area contributed by atoms with Gasteiger partial charge in [-0.1, -0.05) is 29.8 Å². The SMILES string of the molecule is CCOC(=O)C(F)C(C)=C(Br)C(C)C. The molecule has 1 unspecified atom stereocenters. The lowest BCUT2D eigenvalue weighted by molar-refractivity contribution is -0.147. The summed E-state index contributed by atoms with van der Waals surface area (Å²) in [7, 11) is 0. The summed E-state index contributed by atoms with van der Waals surface area (Å²) >= 11 is 3.26. The molecule has 0 saturated carbocycles. The Morgan fingerprint density at radius 1 is 1.50 bits per heavy atom. The third-order valence-corrected chi connectivity index (χ3v) is 3.30. The first-order valence-electron chi connectivity index (χ1n) is 4.58. The lowest BCUT2D eigenvalue weighted by atomic mass is 10.1. The van der Waals surface area contributed by atoms with E-state index in [9.17, 15) is 9.18 Å². The van der Waals surface area contributed by atoms with Crippen molar-refractivity contribution in [3.8, 4) is 0 Å². The van der Waals surface area contributed by atoms with E-state index in [2.05, 4.69) is 20.7 Å². The molecule has 0 N–H and O–H groups in total. The van der Waals surface area contributed by atoms with Crippen molar-refractivity contribution < 1.29 is 13.9 Å². The number of carbonyl (C=O) groups excluding carboxylic acids is 1. The van der Waals surface area contributed by atoms with E-state index in [1.165, 1.54) is 0 Å². The number of halogens is 2. The molecule has 82 valence electrons. The molecular weight excluding hydrogens is 251 g/mol. The molecule has 0 aliphatic rings. The van der Waals surface area contributed by atoms with Gasteiger partial charge in [-0.15, -0.1) is 0 Å². The van der Waals surface area contributed by atoms with E-state index in [0.29, 0.717) is 5.57 Å². The Labute approximate surface area is 92.6 Å². The Kier molecular flexibility index (Phi) is 6.00. The molecule has 0 rings (SSSR count). The average molecular weight is 267 g/mol. The smallest absolute Gasteiger partial charge is 0.345 e. The van der Waals surface area contributed by atoms with E-state index in [1.807, 2.05) is 13.8 Å². The molecule has 0 aromatic heterocycles. The first kappa shape index (κ1) is 13.6. The van der Waals surface area contributed by atoms with Gasteiger partial charge in [0.1, 0.15) is 0 Å². The zero-order chi connectivity index (χ0) is 11.3. The molecule has 0 aliphatic heterocycles. The summed E-state index contributed by atoms with van der Waals surface area (Å²) in [5, 5.41) is 0. The van der Waals surface area contributed by atoms with Crippen molar-refractivity contribution in [2.75, 3.05) is 6.61 Å². The highest BCUT2D eigenvalue weighted by molar-refractivity contribution is 9.11. The van der Waals surface area contributed by atoms with Gasteiger partial charge in [-0.2, -0.15) is 0 Å². The third kappa shape index (κ3) is 3.78. The first-order chi connectivity index (χ1) is 6.41. The second-order valence-electron chi connectivity index (χ2n) is 3.30. The Balaban J connectivity index is 4.60. The molecule has 0 spiro atoms. The lowest BCUT2D eigenvalue weighted by Gasteiger charge is -2.12. The number of hydrogen-bond donors (Lipinski definition) is 0. The van der Waals surface area contributed by atoms with Crippen LogP contribution in [0.4, 0.5) is 4.39 Å². The summed E-state index contributed by atoms with van der Waals surface area (Å²) in [5.74, 6) is -0.648. The van der Waals surface area contributed by atoms with Gasteiger partial charge >= 0.3 is 5.97 Å². The molecule has 0 heterocycles. The number of esters is 1. The maximum Gasteiger partial charge on any atom is 0.345 e. The zero-order valence-electron chi connectivity index (χ0n) is 8.93. The second kappa shape index (κ2) is 6.17. The molecule has 14 heavy (non-hydrogen) atoms. The highest BCUT2D eigenvalue weighted by atomic mass is 79.9. The number of ether oxygens (including phenoxy) is 1. The van der Waals surface area contributed by atoms with Gasteiger partial charge in [-0.3, -0.25) is 0 Å². The fourth-order valence-electron chi connectivity index (χ4n) is 0.969. The van der Waals surface area contributed by atoms with Crippen LogP contribution >= 0.6 is 15.9 Å². The third-order valence-electron chi connectivity index (χ3n) is 1.76. The van der Waals surface area contributed by atoms with E-state index in [1.54, 1.807) is 13.8 Å². The maximum absolute atomic E-state index is 13.4. The first-order valence-corrected chi connectivity index (χ1v) is 5.37. The van der Waals surface area contributed by atoms with Crippen LogP contribution in [0.3, 0.4) is 0 Å². The standard InChI is InChI=1S/C10H16BrFO2/c1-5-14-10(13)9(12)7(4)8(11)6(2)3/h6,9H,5H2,1-4H3. The number of carbonyl (C=O) groups is 1. The van der Waals surface area contributed by atoms with Crippen LogP contribution in [-0.4, -0.2) is 18.7 Å². The van der Waals surface area contributed by atoms with Gasteiger partial charge in [-0.05, 0) is 25.3 Å². The number of allylic oxidation sites excluding steroid dienone is 1. The van der Waals surface area contributed by atoms with Crippen LogP contribution in [0.2, 0.25) is 0 Å². The molecule has 0 bridgehead atoms. The van der Waals surface area contributed by atoms with E-state index >= 15 is 0 Å². The molecule has 0 saturated heterocycles. The van der Waals surface area contributed by atoms with Gasteiger partial charge in [0, 0.05) is 4.48 Å². The highest BCUT2D eigenvalue weighted by Crippen LogP contribution is 2.25. The van der Waals surface area contributed by atoms with Gasteiger partial charge in [0.15, 0.2) is 0 Å². The lowest BCUT2D eigenvalue weighted by Crippen LogP contribution is -2.21. The molecule has 0 radical (unpaired) electrons. The van der Waals surface area contributed by atoms with Crippen molar-refractivity contribution in [1.82, 2.24) is 0 Å². The fourth-order valence-corrected chi connectivity index (χ4v) is 1.17. The quantitative estimate of drug-likeness (QED) is 0.731. The molecule has 0 aromatic carbocycles. The van der Waals surface area contributed by atoms with Crippen molar-refractivity contribution in [1.29, 1.82) is 0 Å². The van der Waals surface area contributed by atoms with Crippen LogP contribution < -0.4 is 0 Å². The average Bonchev–Trinajstić information content (AvgIpc) is 2.14. The fraction of sp³-hybridized carbons (Fsp3) is 0.700. The molecule has 4 heteroatoms. The monoisotopic (exact) mass is 266 g/mol. The predicted octanol–water partition coefficient (Wildman–Crippen LogP) is 3.21. The van der Waals surface area contributed by atoms with Gasteiger partial charge < -0.3 is 4.74 Å². The zero-order valence-corrected chi connectivity index (χ0v) is 10.5. The van der Waals surface area contributed by atoms with E-state index in [4.69, 9.17) is 0 Å². The molecule has 2 nitrogen and oxygen atoms in total. The van der Waals surface area contributed by atoms with Crippen molar-refractivity contribution in [2.45, 2.75) is 33.9 Å². The molecular formula is C10H16BrFO2. The number of hydrogen-bond acceptors (Lipinski definition) is 2. The summed E-state index contributed by atoms with van der Waals surface area (Å²) in [6, 6.07) is 0. The summed E-state index contributed by atoms with van der Waals surface area (Å²) in [6.07, 6.45) is -1.66.